The van der Waals surface area contributed by atoms with Crippen LogP contribution >= 0.6 is 45.2 Å². The third-order valence-electron chi connectivity index (χ3n) is 5.32. The molecule has 4 heteroatoms. The van der Waals surface area contributed by atoms with Crippen LogP contribution < -0.4 is 4.74 Å². The maximum atomic E-state index is 13.1. The summed E-state index contributed by atoms with van der Waals surface area (Å²) in [6, 6.07) is 12.6. The van der Waals surface area contributed by atoms with Gasteiger partial charge in [-0.1, -0.05) is 24.3 Å². The smallest absolute Gasteiger partial charge is 0.175 e. The molecule has 2 aromatic rings. The van der Waals surface area contributed by atoms with Crippen molar-refractivity contribution >= 4 is 51.0 Å². The summed E-state index contributed by atoms with van der Waals surface area (Å²) in [5.41, 5.74) is 3.56. The molecule has 0 amide bonds. The first-order chi connectivity index (χ1) is 10.6. The molecule has 4 atom stereocenters. The number of Topliss-reactive ketones (excluding diaryl/α,β-unsaturated/α-hetero) is 1. The summed E-state index contributed by atoms with van der Waals surface area (Å²) in [5, 5.41) is 0. The number of carbonyl (C=O) groups is 1. The van der Waals surface area contributed by atoms with Crippen molar-refractivity contribution in [3.8, 4) is 5.75 Å². The van der Waals surface area contributed by atoms with Gasteiger partial charge < -0.3 is 4.74 Å². The maximum Gasteiger partial charge on any atom is 0.175 e. The fourth-order valence-electron chi connectivity index (χ4n) is 4.53. The molecule has 22 heavy (non-hydrogen) atoms. The quantitative estimate of drug-likeness (QED) is 0.476. The van der Waals surface area contributed by atoms with Crippen molar-refractivity contribution < 1.29 is 9.53 Å². The van der Waals surface area contributed by atoms with Crippen LogP contribution in [0.2, 0.25) is 0 Å². The van der Waals surface area contributed by atoms with Gasteiger partial charge in [0, 0.05) is 13.1 Å². The molecule has 5 rings (SSSR count). The third kappa shape index (κ3) is 1.68. The summed E-state index contributed by atoms with van der Waals surface area (Å²) in [7, 11) is 0. The predicted octanol–water partition coefficient (Wildman–Crippen LogP) is 4.74. The summed E-state index contributed by atoms with van der Waals surface area (Å²) >= 11 is 4.55. The number of ketones is 1. The Morgan fingerprint density at radius 2 is 1.77 bits per heavy atom. The van der Waals surface area contributed by atoms with Gasteiger partial charge in [-0.3, -0.25) is 4.79 Å². The summed E-state index contributed by atoms with van der Waals surface area (Å²) in [4.78, 5) is 13.1. The molecule has 1 heterocycles. The number of halogens is 2. The van der Waals surface area contributed by atoms with Gasteiger partial charge in [-0.05, 0) is 80.8 Å². The van der Waals surface area contributed by atoms with Gasteiger partial charge in [0.05, 0.1) is 11.5 Å². The van der Waals surface area contributed by atoms with Crippen LogP contribution in [-0.2, 0) is 0 Å². The van der Waals surface area contributed by atoms with E-state index in [1.807, 2.05) is 6.07 Å². The molecule has 2 nitrogen and oxygen atoms in total. The second kappa shape index (κ2) is 4.69. The minimum absolute atomic E-state index is 0.000905. The SMILES string of the molecule is O=C1c2c(I)cc(I)cc2OC2C3CC(c4ccccc43)C12. The summed E-state index contributed by atoms with van der Waals surface area (Å²) in [6.07, 6.45) is 1.08. The van der Waals surface area contributed by atoms with Crippen LogP contribution in [0.5, 0.6) is 5.75 Å². The van der Waals surface area contributed by atoms with Gasteiger partial charge in [-0.2, -0.15) is 0 Å². The molecule has 0 aromatic heterocycles. The van der Waals surface area contributed by atoms with Crippen molar-refractivity contribution in [3.63, 3.8) is 0 Å². The Morgan fingerprint density at radius 3 is 2.55 bits per heavy atom. The van der Waals surface area contributed by atoms with Gasteiger partial charge in [0.15, 0.2) is 5.78 Å². The lowest BCUT2D eigenvalue weighted by Gasteiger charge is -2.36. The van der Waals surface area contributed by atoms with E-state index in [0.717, 1.165) is 24.9 Å². The van der Waals surface area contributed by atoms with Crippen LogP contribution in [0.25, 0.3) is 0 Å². The van der Waals surface area contributed by atoms with E-state index in [-0.39, 0.29) is 17.8 Å². The predicted molar refractivity (Wildman–Crippen MR) is 101 cm³/mol. The molecule has 0 radical (unpaired) electrons. The monoisotopic (exact) mass is 514 g/mol. The molecule has 1 aliphatic heterocycles. The lowest BCUT2D eigenvalue weighted by atomic mass is 9.76. The zero-order chi connectivity index (χ0) is 15.0. The molecule has 4 unspecified atom stereocenters. The molecule has 1 saturated carbocycles. The zero-order valence-corrected chi connectivity index (χ0v) is 15.9. The Balaban J connectivity index is 1.68. The van der Waals surface area contributed by atoms with E-state index in [1.165, 1.54) is 11.1 Å². The largest absolute Gasteiger partial charge is 0.488 e. The maximum absolute atomic E-state index is 13.1. The molecule has 0 saturated heterocycles. The van der Waals surface area contributed by atoms with Gasteiger partial charge in [0.1, 0.15) is 11.9 Å². The molecular formula is C18H12I2O2. The summed E-state index contributed by atoms with van der Waals surface area (Å²) in [5.74, 6) is 1.78. The minimum Gasteiger partial charge on any atom is -0.488 e. The van der Waals surface area contributed by atoms with E-state index in [2.05, 4.69) is 75.5 Å². The Hall–Kier alpha value is -0.630. The van der Waals surface area contributed by atoms with Crippen LogP contribution in [0, 0.1) is 13.1 Å². The van der Waals surface area contributed by atoms with Gasteiger partial charge >= 0.3 is 0 Å². The van der Waals surface area contributed by atoms with Gasteiger partial charge in [0.2, 0.25) is 0 Å². The first-order valence-corrected chi connectivity index (χ1v) is 9.59. The Bertz CT molecular complexity index is 830. The second-order valence-electron chi connectivity index (χ2n) is 6.31. The highest BCUT2D eigenvalue weighted by atomic mass is 127. The zero-order valence-electron chi connectivity index (χ0n) is 11.6. The van der Waals surface area contributed by atoms with Crippen LogP contribution in [0.3, 0.4) is 0 Å². The van der Waals surface area contributed by atoms with Crippen molar-refractivity contribution in [2.24, 2.45) is 5.92 Å². The van der Waals surface area contributed by atoms with E-state index in [4.69, 9.17) is 4.74 Å². The number of fused-ring (bicyclic) bond motifs is 9. The lowest BCUT2D eigenvalue weighted by molar-refractivity contribution is 0.0659. The van der Waals surface area contributed by atoms with Crippen molar-refractivity contribution in [1.82, 2.24) is 0 Å². The van der Waals surface area contributed by atoms with E-state index in [0.29, 0.717) is 11.8 Å². The van der Waals surface area contributed by atoms with Crippen molar-refractivity contribution in [2.45, 2.75) is 24.4 Å². The number of ether oxygens (including phenoxy) is 1. The van der Waals surface area contributed by atoms with Crippen molar-refractivity contribution in [2.75, 3.05) is 0 Å². The fourth-order valence-corrected chi connectivity index (χ4v) is 6.58. The number of carbonyl (C=O) groups excluding carboxylic acids is 1. The first-order valence-electron chi connectivity index (χ1n) is 7.44. The van der Waals surface area contributed by atoms with Crippen molar-refractivity contribution in [1.29, 1.82) is 0 Å². The standard InChI is InChI=1S/C18H12I2O2/c19-8-5-13(20)16-14(6-8)22-18-12-7-11(15(18)17(16)21)9-3-1-2-4-10(9)12/h1-6,11-12,15,18H,7H2. The number of rotatable bonds is 0. The van der Waals surface area contributed by atoms with E-state index in [1.54, 1.807) is 0 Å². The van der Waals surface area contributed by atoms with Crippen LogP contribution in [0.1, 0.15) is 39.7 Å². The molecule has 2 aromatic carbocycles. The average molecular weight is 514 g/mol. The van der Waals surface area contributed by atoms with Crippen LogP contribution in [0.4, 0.5) is 0 Å². The second-order valence-corrected chi connectivity index (χ2v) is 8.72. The molecule has 3 aliphatic rings. The van der Waals surface area contributed by atoms with Gasteiger partial charge in [-0.25, -0.2) is 0 Å². The third-order valence-corrected chi connectivity index (χ3v) is 6.79. The van der Waals surface area contributed by atoms with Crippen LogP contribution in [0.15, 0.2) is 36.4 Å². The Morgan fingerprint density at radius 1 is 1.05 bits per heavy atom. The number of hydrogen-bond acceptors (Lipinski definition) is 2. The topological polar surface area (TPSA) is 26.3 Å². The normalized spacial score (nSPS) is 30.5. The highest BCUT2D eigenvalue weighted by Crippen LogP contribution is 2.60. The molecule has 0 spiro atoms. The average Bonchev–Trinajstić information content (AvgIpc) is 3.03. The first kappa shape index (κ1) is 13.8. The Labute approximate surface area is 155 Å². The fraction of sp³-hybridized carbons (Fsp3) is 0.278. The Kier molecular flexibility index (Phi) is 2.94. The van der Waals surface area contributed by atoms with E-state index in [9.17, 15) is 4.79 Å². The molecule has 0 N–H and O–H groups in total. The highest BCUT2D eigenvalue weighted by Gasteiger charge is 2.57. The summed E-state index contributed by atoms with van der Waals surface area (Å²) < 4.78 is 8.48. The molecule has 110 valence electrons. The summed E-state index contributed by atoms with van der Waals surface area (Å²) in [6.45, 7) is 0. The number of benzene rings is 2. The molecular weight excluding hydrogens is 502 g/mol. The van der Waals surface area contributed by atoms with Crippen molar-refractivity contribution in [3.05, 3.63) is 60.2 Å². The molecule has 1 fully saturated rings. The van der Waals surface area contributed by atoms with E-state index >= 15 is 0 Å². The lowest BCUT2D eigenvalue weighted by Crippen LogP contribution is -2.41. The number of hydrogen-bond donors (Lipinski definition) is 0. The minimum atomic E-state index is 0.000905. The van der Waals surface area contributed by atoms with Crippen LogP contribution in [-0.4, -0.2) is 11.9 Å². The highest BCUT2D eigenvalue weighted by molar-refractivity contribution is 14.1. The van der Waals surface area contributed by atoms with E-state index < -0.39 is 0 Å². The molecule has 2 aliphatic carbocycles. The molecule has 2 bridgehead atoms. The van der Waals surface area contributed by atoms with Gasteiger partial charge in [-0.15, -0.1) is 0 Å². The van der Waals surface area contributed by atoms with Gasteiger partial charge in [0.25, 0.3) is 0 Å².